The molecule has 0 saturated carbocycles. The van der Waals surface area contributed by atoms with Crippen molar-refractivity contribution in [3.8, 4) is 0 Å². The largest absolute Gasteiger partial charge is 0.335 e. The van der Waals surface area contributed by atoms with Gasteiger partial charge in [0.05, 0.1) is 15.8 Å². The van der Waals surface area contributed by atoms with E-state index in [-0.39, 0.29) is 47.3 Å². The average Bonchev–Trinajstić information content (AvgIpc) is 2.87. The van der Waals surface area contributed by atoms with Gasteiger partial charge in [-0.3, -0.25) is 9.59 Å². The number of hydrogen-bond acceptors (Lipinski definition) is 6. The van der Waals surface area contributed by atoms with E-state index >= 15 is 0 Å². The minimum atomic E-state index is -3.89. The smallest absolute Gasteiger partial charge is 0.254 e. The van der Waals surface area contributed by atoms with Crippen molar-refractivity contribution in [3.05, 3.63) is 95.6 Å². The Labute approximate surface area is 215 Å². The molecule has 0 unspecified atom stereocenters. The molecular formula is C25H26N4O6S2. The predicted octanol–water partition coefficient (Wildman–Crippen LogP) is 1.19. The molecule has 194 valence electrons. The molecule has 3 aromatic rings. The monoisotopic (exact) mass is 542 g/mol. The van der Waals surface area contributed by atoms with Gasteiger partial charge in [0.25, 0.3) is 11.8 Å². The minimum Gasteiger partial charge on any atom is -0.335 e. The van der Waals surface area contributed by atoms with Gasteiger partial charge in [-0.25, -0.2) is 27.1 Å². The standard InChI is InChI=1S/C25H26N4O6S2/c26-36(32,33)22-10-6-19(7-11-22)24(30)28-14-15-29(21(17-28)16-18-4-2-1-3-5-18)25(31)20-8-12-23(13-9-20)37(27,34)35/h1-13,21H,14-17H2,(H2,26,32,33)(H2,27,34,35)/t21-/m0/s1. The molecule has 0 bridgehead atoms. The summed E-state index contributed by atoms with van der Waals surface area (Å²) in [6.45, 7) is 0.780. The Kier molecular flexibility index (Phi) is 7.46. The second-order valence-electron chi connectivity index (χ2n) is 8.73. The van der Waals surface area contributed by atoms with Crippen LogP contribution in [-0.2, 0) is 26.5 Å². The molecule has 4 N–H and O–H groups in total. The van der Waals surface area contributed by atoms with E-state index in [1.54, 1.807) is 9.80 Å². The Balaban J connectivity index is 1.57. The van der Waals surface area contributed by atoms with Crippen LogP contribution in [0.2, 0.25) is 0 Å². The van der Waals surface area contributed by atoms with Crippen LogP contribution in [0.4, 0.5) is 0 Å². The Morgan fingerprint density at radius 2 is 1.19 bits per heavy atom. The number of nitrogens with zero attached hydrogens (tertiary/aromatic N) is 2. The summed E-state index contributed by atoms with van der Waals surface area (Å²) in [4.78, 5) is 29.8. The van der Waals surface area contributed by atoms with Crippen LogP contribution < -0.4 is 10.3 Å². The lowest BCUT2D eigenvalue weighted by Crippen LogP contribution is -2.57. The second kappa shape index (κ2) is 10.4. The predicted molar refractivity (Wildman–Crippen MR) is 137 cm³/mol. The molecule has 1 heterocycles. The maximum Gasteiger partial charge on any atom is 0.254 e. The number of carbonyl (C=O) groups excluding carboxylic acids is 2. The van der Waals surface area contributed by atoms with Crippen LogP contribution in [0.3, 0.4) is 0 Å². The maximum atomic E-state index is 13.4. The topological polar surface area (TPSA) is 161 Å². The fraction of sp³-hybridized carbons (Fsp3) is 0.200. The third-order valence-electron chi connectivity index (χ3n) is 6.20. The van der Waals surface area contributed by atoms with Crippen molar-refractivity contribution in [1.29, 1.82) is 0 Å². The van der Waals surface area contributed by atoms with Crippen molar-refractivity contribution >= 4 is 31.9 Å². The van der Waals surface area contributed by atoms with E-state index in [4.69, 9.17) is 10.3 Å². The zero-order chi connectivity index (χ0) is 26.8. The molecule has 1 atom stereocenters. The first kappa shape index (κ1) is 26.5. The molecular weight excluding hydrogens is 516 g/mol. The summed E-state index contributed by atoms with van der Waals surface area (Å²) < 4.78 is 46.2. The normalized spacial score (nSPS) is 16.4. The highest BCUT2D eigenvalue weighted by atomic mass is 32.2. The highest BCUT2D eigenvalue weighted by molar-refractivity contribution is 7.89. The van der Waals surface area contributed by atoms with Crippen LogP contribution in [0.5, 0.6) is 0 Å². The third-order valence-corrected chi connectivity index (χ3v) is 8.06. The Morgan fingerprint density at radius 3 is 1.68 bits per heavy atom. The van der Waals surface area contributed by atoms with Crippen molar-refractivity contribution < 1.29 is 26.4 Å². The third kappa shape index (κ3) is 6.23. The number of primary sulfonamides is 2. The van der Waals surface area contributed by atoms with Gasteiger partial charge in [0.1, 0.15) is 0 Å². The van der Waals surface area contributed by atoms with E-state index in [1.807, 2.05) is 30.3 Å². The summed E-state index contributed by atoms with van der Waals surface area (Å²) in [5.41, 5.74) is 1.61. The first-order chi connectivity index (χ1) is 17.4. The number of amides is 2. The molecule has 1 aliphatic heterocycles. The molecule has 0 radical (unpaired) electrons. The number of hydrogen-bond donors (Lipinski definition) is 2. The molecule has 0 spiro atoms. The number of benzene rings is 3. The van der Waals surface area contributed by atoms with Gasteiger partial charge in [-0.2, -0.15) is 0 Å². The SMILES string of the molecule is NS(=O)(=O)c1ccc(C(=O)N2CCN(C(=O)c3ccc(S(N)(=O)=O)cc3)[C@@H](Cc3ccccc3)C2)cc1. The zero-order valence-corrected chi connectivity index (χ0v) is 21.4. The van der Waals surface area contributed by atoms with E-state index in [9.17, 15) is 26.4 Å². The van der Waals surface area contributed by atoms with E-state index in [2.05, 4.69) is 0 Å². The van der Waals surface area contributed by atoms with Gasteiger partial charge < -0.3 is 9.80 Å². The van der Waals surface area contributed by atoms with Crippen LogP contribution in [0.25, 0.3) is 0 Å². The molecule has 4 rings (SSSR count). The molecule has 1 fully saturated rings. The molecule has 37 heavy (non-hydrogen) atoms. The van der Waals surface area contributed by atoms with Gasteiger partial charge in [0.15, 0.2) is 0 Å². The molecule has 1 saturated heterocycles. The summed E-state index contributed by atoms with van der Waals surface area (Å²) in [7, 11) is -7.76. The number of sulfonamides is 2. The first-order valence-electron chi connectivity index (χ1n) is 11.3. The van der Waals surface area contributed by atoms with E-state index in [0.717, 1.165) is 5.56 Å². The van der Waals surface area contributed by atoms with Crippen LogP contribution in [0.1, 0.15) is 26.3 Å². The van der Waals surface area contributed by atoms with Crippen molar-refractivity contribution in [2.45, 2.75) is 22.3 Å². The highest BCUT2D eigenvalue weighted by Crippen LogP contribution is 2.21. The molecule has 3 aromatic carbocycles. The first-order valence-corrected chi connectivity index (χ1v) is 14.4. The molecule has 12 heteroatoms. The van der Waals surface area contributed by atoms with E-state index in [0.29, 0.717) is 17.5 Å². The van der Waals surface area contributed by atoms with Crippen LogP contribution in [0.15, 0.2) is 88.7 Å². The molecule has 10 nitrogen and oxygen atoms in total. The Bertz CT molecular complexity index is 1510. The maximum absolute atomic E-state index is 13.4. The van der Waals surface area contributed by atoms with Gasteiger partial charge in [-0.15, -0.1) is 0 Å². The lowest BCUT2D eigenvalue weighted by molar-refractivity contribution is 0.0386. The van der Waals surface area contributed by atoms with Gasteiger partial charge in [-0.1, -0.05) is 30.3 Å². The summed E-state index contributed by atoms with van der Waals surface area (Å²) >= 11 is 0. The molecule has 2 amide bonds. The lowest BCUT2D eigenvalue weighted by Gasteiger charge is -2.41. The van der Waals surface area contributed by atoms with Gasteiger partial charge in [0, 0.05) is 30.8 Å². The van der Waals surface area contributed by atoms with Crippen molar-refractivity contribution in [1.82, 2.24) is 9.80 Å². The highest BCUT2D eigenvalue weighted by Gasteiger charge is 2.33. The van der Waals surface area contributed by atoms with Crippen LogP contribution in [-0.4, -0.2) is 64.1 Å². The van der Waals surface area contributed by atoms with Gasteiger partial charge in [-0.05, 0) is 60.5 Å². The molecule has 0 aliphatic carbocycles. The Morgan fingerprint density at radius 1 is 0.703 bits per heavy atom. The summed E-state index contributed by atoms with van der Waals surface area (Å²) in [6.07, 6.45) is 0.496. The molecule has 0 aromatic heterocycles. The van der Waals surface area contributed by atoms with Crippen molar-refractivity contribution in [2.75, 3.05) is 19.6 Å². The molecule has 1 aliphatic rings. The quantitative estimate of drug-likeness (QED) is 0.476. The van der Waals surface area contributed by atoms with Gasteiger partial charge in [0.2, 0.25) is 20.0 Å². The van der Waals surface area contributed by atoms with E-state index in [1.165, 1.54) is 48.5 Å². The summed E-state index contributed by atoms with van der Waals surface area (Å²) in [6, 6.07) is 20.0. The Hall–Kier alpha value is -3.58. The van der Waals surface area contributed by atoms with E-state index < -0.39 is 20.0 Å². The van der Waals surface area contributed by atoms with Crippen molar-refractivity contribution in [2.24, 2.45) is 10.3 Å². The van der Waals surface area contributed by atoms with Crippen molar-refractivity contribution in [3.63, 3.8) is 0 Å². The summed E-state index contributed by atoms with van der Waals surface area (Å²) in [5, 5.41) is 10.3. The number of rotatable bonds is 6. The minimum absolute atomic E-state index is 0.0881. The number of nitrogens with two attached hydrogens (primary N) is 2. The lowest BCUT2D eigenvalue weighted by atomic mass is 10.00. The zero-order valence-electron chi connectivity index (χ0n) is 19.7. The summed E-state index contributed by atoms with van der Waals surface area (Å²) in [5.74, 6) is -0.574. The average molecular weight is 543 g/mol. The number of carbonyl (C=O) groups is 2. The van der Waals surface area contributed by atoms with Gasteiger partial charge >= 0.3 is 0 Å². The fourth-order valence-corrected chi connectivity index (χ4v) is 5.32. The van der Waals surface area contributed by atoms with Crippen LogP contribution in [0, 0.1) is 0 Å². The number of piperazine rings is 1. The second-order valence-corrected chi connectivity index (χ2v) is 11.9. The fourth-order valence-electron chi connectivity index (χ4n) is 4.29. The van der Waals surface area contributed by atoms with Crippen LogP contribution >= 0.6 is 0 Å².